The predicted molar refractivity (Wildman–Crippen MR) is 93.6 cm³/mol. The number of nitriles is 1. The molecular formula is C17H15F3N8. The van der Waals surface area contributed by atoms with Crippen molar-refractivity contribution < 1.29 is 13.2 Å². The highest BCUT2D eigenvalue weighted by atomic mass is 19.4. The van der Waals surface area contributed by atoms with Crippen LogP contribution in [-0.2, 0) is 6.18 Å². The van der Waals surface area contributed by atoms with E-state index in [1.165, 1.54) is 17.0 Å². The number of fused-ring (bicyclic) bond motifs is 1. The fourth-order valence-electron chi connectivity index (χ4n) is 3.16. The van der Waals surface area contributed by atoms with Crippen molar-refractivity contribution in [2.45, 2.75) is 25.1 Å². The van der Waals surface area contributed by atoms with E-state index in [1.807, 2.05) is 6.07 Å². The zero-order chi connectivity index (χ0) is 19.7. The largest absolute Gasteiger partial charge is 0.433 e. The van der Waals surface area contributed by atoms with Gasteiger partial charge in [0.15, 0.2) is 5.69 Å². The first kappa shape index (κ1) is 18.0. The molecule has 0 unspecified atom stereocenters. The van der Waals surface area contributed by atoms with Crippen LogP contribution in [-0.4, -0.2) is 43.7 Å². The maximum atomic E-state index is 13.1. The zero-order valence-corrected chi connectivity index (χ0v) is 14.6. The Balaban J connectivity index is 1.47. The molecule has 3 aromatic heterocycles. The average molecular weight is 388 g/mol. The Labute approximate surface area is 157 Å². The second kappa shape index (κ2) is 6.95. The molecule has 1 N–H and O–H groups in total. The maximum Gasteiger partial charge on any atom is 0.433 e. The van der Waals surface area contributed by atoms with Gasteiger partial charge in [0.2, 0.25) is 0 Å². The lowest BCUT2D eigenvalue weighted by Crippen LogP contribution is -2.39. The van der Waals surface area contributed by atoms with Crippen molar-refractivity contribution in [2.75, 3.05) is 23.3 Å². The molecular weight excluding hydrogens is 373 g/mol. The average Bonchev–Trinajstić information content (AvgIpc) is 3.17. The first-order chi connectivity index (χ1) is 13.4. The molecule has 0 aromatic carbocycles. The predicted octanol–water partition coefficient (Wildman–Crippen LogP) is 2.49. The molecule has 0 aliphatic carbocycles. The second-order valence-corrected chi connectivity index (χ2v) is 6.42. The lowest BCUT2D eigenvalue weighted by Gasteiger charge is -2.33. The molecule has 8 nitrogen and oxygen atoms in total. The van der Waals surface area contributed by atoms with Crippen LogP contribution < -0.4 is 10.2 Å². The van der Waals surface area contributed by atoms with E-state index in [9.17, 15) is 13.2 Å². The topological polar surface area (TPSA) is 95.0 Å². The number of piperidine rings is 1. The number of anilines is 2. The highest BCUT2D eigenvalue weighted by molar-refractivity contribution is 5.47. The van der Waals surface area contributed by atoms with Crippen molar-refractivity contribution in [1.29, 1.82) is 5.26 Å². The molecule has 144 valence electrons. The van der Waals surface area contributed by atoms with Crippen LogP contribution in [0.4, 0.5) is 24.8 Å². The molecule has 4 rings (SSSR count). The smallest absolute Gasteiger partial charge is 0.367 e. The highest BCUT2D eigenvalue weighted by Gasteiger charge is 2.34. The van der Waals surface area contributed by atoms with E-state index in [2.05, 4.69) is 30.3 Å². The van der Waals surface area contributed by atoms with Gasteiger partial charge in [0.1, 0.15) is 24.0 Å². The van der Waals surface area contributed by atoms with Crippen LogP contribution in [0.3, 0.4) is 0 Å². The third-order valence-electron chi connectivity index (χ3n) is 4.59. The summed E-state index contributed by atoms with van der Waals surface area (Å²) in [5, 5.41) is 15.9. The van der Waals surface area contributed by atoms with Gasteiger partial charge in [-0.05, 0) is 25.0 Å². The number of nitrogens with zero attached hydrogens (tertiary/aromatic N) is 7. The van der Waals surface area contributed by atoms with Crippen molar-refractivity contribution in [3.05, 3.63) is 42.0 Å². The van der Waals surface area contributed by atoms with Crippen LogP contribution in [0.15, 0.2) is 30.7 Å². The molecule has 28 heavy (non-hydrogen) atoms. The van der Waals surface area contributed by atoms with E-state index in [0.717, 1.165) is 11.9 Å². The first-order valence-corrected chi connectivity index (χ1v) is 8.59. The summed E-state index contributed by atoms with van der Waals surface area (Å²) in [6.45, 7) is 1.38. The van der Waals surface area contributed by atoms with E-state index < -0.39 is 11.9 Å². The summed E-state index contributed by atoms with van der Waals surface area (Å²) in [5.41, 5.74) is -0.509. The van der Waals surface area contributed by atoms with Gasteiger partial charge in [-0.25, -0.2) is 9.97 Å². The summed E-state index contributed by atoms with van der Waals surface area (Å²) in [7, 11) is 0. The Kier molecular flexibility index (Phi) is 4.46. The molecule has 1 saturated heterocycles. The van der Waals surface area contributed by atoms with Crippen molar-refractivity contribution in [2.24, 2.45) is 0 Å². The number of nitrogens with one attached hydrogen (secondary N) is 1. The number of hydrogen-bond acceptors (Lipinski definition) is 7. The molecule has 0 bridgehead atoms. The van der Waals surface area contributed by atoms with Gasteiger partial charge in [0, 0.05) is 31.4 Å². The van der Waals surface area contributed by atoms with Gasteiger partial charge in [-0.15, -0.1) is 0 Å². The van der Waals surface area contributed by atoms with Crippen molar-refractivity contribution in [3.63, 3.8) is 0 Å². The summed E-state index contributed by atoms with van der Waals surface area (Å²) >= 11 is 0. The maximum absolute atomic E-state index is 13.1. The Morgan fingerprint density at radius 1 is 1.18 bits per heavy atom. The Morgan fingerprint density at radius 2 is 1.96 bits per heavy atom. The fraction of sp³-hybridized carbons (Fsp3) is 0.353. The Hall–Kier alpha value is -3.42. The van der Waals surface area contributed by atoms with Crippen LogP contribution in [0.25, 0.3) is 5.78 Å². The molecule has 11 heteroatoms. The summed E-state index contributed by atoms with van der Waals surface area (Å²) in [5.74, 6) is 0.890. The molecule has 1 aliphatic heterocycles. The fourth-order valence-corrected chi connectivity index (χ4v) is 3.16. The quantitative estimate of drug-likeness (QED) is 0.737. The van der Waals surface area contributed by atoms with Gasteiger partial charge >= 0.3 is 6.18 Å². The SMILES string of the molecule is N#Cc1ccc(N2CCC(Nc3cc(C(F)(F)F)nc4ncnn34)CC2)nc1. The highest BCUT2D eigenvalue weighted by Crippen LogP contribution is 2.30. The minimum atomic E-state index is -4.56. The van der Waals surface area contributed by atoms with Crippen LogP contribution in [0.5, 0.6) is 0 Å². The van der Waals surface area contributed by atoms with E-state index in [1.54, 1.807) is 12.1 Å². The molecule has 0 saturated carbocycles. The zero-order valence-electron chi connectivity index (χ0n) is 14.6. The second-order valence-electron chi connectivity index (χ2n) is 6.42. The van der Waals surface area contributed by atoms with Gasteiger partial charge < -0.3 is 10.2 Å². The number of rotatable bonds is 3. The van der Waals surface area contributed by atoms with Crippen LogP contribution >= 0.6 is 0 Å². The van der Waals surface area contributed by atoms with E-state index in [-0.39, 0.29) is 17.6 Å². The molecule has 3 aromatic rings. The standard InChI is InChI=1S/C17H15F3N8/c18-17(19,20)13-7-15(28-16(26-13)23-10-24-28)25-12-3-5-27(6-4-12)14-2-1-11(8-21)9-22-14/h1-2,7,9-10,12,25H,3-6H2. The van der Waals surface area contributed by atoms with Gasteiger partial charge in [0.05, 0.1) is 5.56 Å². The number of hydrogen-bond donors (Lipinski definition) is 1. The third kappa shape index (κ3) is 3.53. The molecule has 1 aliphatic rings. The van der Waals surface area contributed by atoms with E-state index in [4.69, 9.17) is 5.26 Å². The number of pyridine rings is 1. The number of aromatic nitrogens is 5. The van der Waals surface area contributed by atoms with Gasteiger partial charge in [-0.2, -0.15) is 33.0 Å². The van der Waals surface area contributed by atoms with Crippen LogP contribution in [0, 0.1) is 11.3 Å². The first-order valence-electron chi connectivity index (χ1n) is 8.59. The minimum absolute atomic E-state index is 0.0227. The Bertz CT molecular complexity index is 1010. The van der Waals surface area contributed by atoms with Crippen molar-refractivity contribution in [1.82, 2.24) is 24.6 Å². The van der Waals surface area contributed by atoms with E-state index in [0.29, 0.717) is 31.5 Å². The molecule has 1 fully saturated rings. The Morgan fingerprint density at radius 3 is 2.61 bits per heavy atom. The molecule has 0 amide bonds. The summed E-state index contributed by atoms with van der Waals surface area (Å²) in [4.78, 5) is 13.6. The monoisotopic (exact) mass is 388 g/mol. The van der Waals surface area contributed by atoms with Crippen LogP contribution in [0.1, 0.15) is 24.1 Å². The third-order valence-corrected chi connectivity index (χ3v) is 4.59. The summed E-state index contributed by atoms with van der Waals surface area (Å²) < 4.78 is 40.5. The van der Waals surface area contributed by atoms with Gasteiger partial charge in [-0.3, -0.25) is 0 Å². The minimum Gasteiger partial charge on any atom is -0.367 e. The van der Waals surface area contributed by atoms with Crippen molar-refractivity contribution in [3.8, 4) is 6.07 Å². The number of alkyl halides is 3. The lowest BCUT2D eigenvalue weighted by molar-refractivity contribution is -0.141. The lowest BCUT2D eigenvalue weighted by atomic mass is 10.0. The van der Waals surface area contributed by atoms with Gasteiger partial charge in [-0.1, -0.05) is 0 Å². The number of halogens is 3. The van der Waals surface area contributed by atoms with Crippen LogP contribution in [0.2, 0.25) is 0 Å². The van der Waals surface area contributed by atoms with Gasteiger partial charge in [0.25, 0.3) is 5.78 Å². The summed E-state index contributed by atoms with van der Waals surface area (Å²) in [6.07, 6.45) is -0.443. The molecule has 0 spiro atoms. The molecule has 0 atom stereocenters. The molecule has 0 radical (unpaired) electrons. The normalized spacial score (nSPS) is 15.6. The van der Waals surface area contributed by atoms with Crippen molar-refractivity contribution >= 4 is 17.4 Å². The molecule has 4 heterocycles. The summed E-state index contributed by atoms with van der Waals surface area (Å²) in [6, 6.07) is 6.47. The van der Waals surface area contributed by atoms with E-state index >= 15 is 0 Å².